The van der Waals surface area contributed by atoms with Gasteiger partial charge in [0.05, 0.1) is 37.0 Å². The first kappa shape index (κ1) is 19.0. The Kier molecular flexibility index (Phi) is 6.40. The molecule has 5 heteroatoms. The number of aliphatic hydroxyl groups is 4. The summed E-state index contributed by atoms with van der Waals surface area (Å²) >= 11 is 0. The summed E-state index contributed by atoms with van der Waals surface area (Å²) in [4.78, 5) is 1.83. The van der Waals surface area contributed by atoms with Crippen molar-refractivity contribution in [2.45, 2.75) is 43.2 Å². The van der Waals surface area contributed by atoms with Crippen molar-refractivity contribution in [2.75, 3.05) is 13.2 Å². The Morgan fingerprint density at radius 3 is 2.19 bits per heavy atom. The number of nitrogens with zero attached hydrogens (tertiary/aromatic N) is 1. The molecular formula is C21H27NO4. The van der Waals surface area contributed by atoms with Gasteiger partial charge in [-0.2, -0.15) is 0 Å². The third-order valence-corrected chi connectivity index (χ3v) is 5.25. The van der Waals surface area contributed by atoms with Gasteiger partial charge >= 0.3 is 0 Å². The molecule has 0 aliphatic carbocycles. The number of aryl methyl sites for hydroxylation is 1. The molecule has 0 aromatic heterocycles. The van der Waals surface area contributed by atoms with E-state index >= 15 is 0 Å². The van der Waals surface area contributed by atoms with Crippen LogP contribution in [0.4, 0.5) is 0 Å². The molecule has 0 saturated carbocycles. The van der Waals surface area contributed by atoms with Crippen molar-refractivity contribution in [2.24, 2.45) is 0 Å². The highest BCUT2D eigenvalue weighted by Gasteiger charge is 2.46. The molecule has 0 spiro atoms. The molecule has 2 aromatic rings. The van der Waals surface area contributed by atoms with Crippen LogP contribution in [0.5, 0.6) is 0 Å². The second-order valence-corrected chi connectivity index (χ2v) is 6.95. The number of hydrogen-bond donors (Lipinski definition) is 4. The Hall–Kier alpha value is -1.76. The van der Waals surface area contributed by atoms with Crippen LogP contribution in [0.2, 0.25) is 0 Å². The highest BCUT2D eigenvalue weighted by atomic mass is 16.3. The molecule has 1 fully saturated rings. The van der Waals surface area contributed by atoms with E-state index in [1.807, 2.05) is 65.6 Å². The zero-order chi connectivity index (χ0) is 18.5. The van der Waals surface area contributed by atoms with Crippen molar-refractivity contribution < 1.29 is 20.4 Å². The van der Waals surface area contributed by atoms with E-state index in [1.165, 1.54) is 0 Å². The van der Waals surface area contributed by atoms with Gasteiger partial charge in [-0.25, -0.2) is 0 Å². The minimum absolute atomic E-state index is 0.147. The van der Waals surface area contributed by atoms with Crippen LogP contribution >= 0.6 is 0 Å². The third kappa shape index (κ3) is 4.14. The topological polar surface area (TPSA) is 84.2 Å². The normalized spacial score (nSPS) is 25.9. The van der Waals surface area contributed by atoms with Crippen LogP contribution in [-0.4, -0.2) is 62.8 Å². The summed E-state index contributed by atoms with van der Waals surface area (Å²) in [6, 6.07) is 18.4. The van der Waals surface area contributed by atoms with Gasteiger partial charge in [-0.1, -0.05) is 60.7 Å². The molecule has 1 aliphatic rings. The Labute approximate surface area is 154 Å². The smallest absolute Gasteiger partial charge is 0.0991 e. The Balaban J connectivity index is 1.75. The van der Waals surface area contributed by atoms with E-state index in [4.69, 9.17) is 0 Å². The van der Waals surface area contributed by atoms with Crippen LogP contribution < -0.4 is 0 Å². The first-order valence-electron chi connectivity index (χ1n) is 9.11. The highest BCUT2D eigenvalue weighted by molar-refractivity contribution is 5.21. The minimum atomic E-state index is -1.04. The van der Waals surface area contributed by atoms with E-state index in [0.29, 0.717) is 12.8 Å². The number of hydrogen-bond acceptors (Lipinski definition) is 5. The molecule has 0 radical (unpaired) electrons. The van der Waals surface area contributed by atoms with Gasteiger partial charge in [0.25, 0.3) is 0 Å². The summed E-state index contributed by atoms with van der Waals surface area (Å²) in [6.07, 6.45) is -1.63. The van der Waals surface area contributed by atoms with Crippen LogP contribution in [0.3, 0.4) is 0 Å². The molecule has 140 valence electrons. The number of rotatable bonds is 7. The van der Waals surface area contributed by atoms with E-state index < -0.39 is 24.4 Å². The molecular weight excluding hydrogens is 330 g/mol. The lowest BCUT2D eigenvalue weighted by Crippen LogP contribution is -2.47. The summed E-state index contributed by atoms with van der Waals surface area (Å²) in [7, 11) is 0. The summed E-state index contributed by atoms with van der Waals surface area (Å²) in [5.41, 5.74) is 2.02. The molecule has 3 rings (SSSR count). The zero-order valence-electron chi connectivity index (χ0n) is 14.7. The lowest BCUT2D eigenvalue weighted by Gasteiger charge is -2.35. The average Bonchev–Trinajstić information content (AvgIpc) is 2.97. The third-order valence-electron chi connectivity index (χ3n) is 5.25. The maximum Gasteiger partial charge on any atom is 0.0991 e. The fourth-order valence-electron chi connectivity index (χ4n) is 3.86. The molecule has 2 aromatic carbocycles. The van der Waals surface area contributed by atoms with Gasteiger partial charge in [-0.05, 0) is 24.0 Å². The predicted molar refractivity (Wildman–Crippen MR) is 99.5 cm³/mol. The number of likely N-dealkylation sites (tertiary alicyclic amines) is 1. The molecule has 5 nitrogen and oxygen atoms in total. The van der Waals surface area contributed by atoms with Gasteiger partial charge in [-0.15, -0.1) is 0 Å². The molecule has 1 heterocycles. The molecule has 0 amide bonds. The van der Waals surface area contributed by atoms with Crippen LogP contribution in [0.25, 0.3) is 0 Å². The standard InChI is InChI=1S/C21H27NO4/c23-14-17(16-9-5-2-6-10-16)22-13-19(25)21(26)20(22)18(24)12-11-15-7-3-1-4-8-15/h1-10,17-21,23-26H,11-14H2/t17-,18+,19+,20-,21+/m0/s1. The van der Waals surface area contributed by atoms with E-state index in [9.17, 15) is 20.4 Å². The Morgan fingerprint density at radius 1 is 0.962 bits per heavy atom. The van der Waals surface area contributed by atoms with Crippen molar-refractivity contribution in [1.29, 1.82) is 0 Å². The minimum Gasteiger partial charge on any atom is -0.394 e. The largest absolute Gasteiger partial charge is 0.394 e. The highest BCUT2D eigenvalue weighted by Crippen LogP contribution is 2.32. The Bertz CT molecular complexity index is 666. The second-order valence-electron chi connectivity index (χ2n) is 6.95. The van der Waals surface area contributed by atoms with E-state index in [1.54, 1.807) is 0 Å². The summed E-state index contributed by atoms with van der Waals surface area (Å²) in [6.45, 7) is 0.0692. The molecule has 4 N–H and O–H groups in total. The van der Waals surface area contributed by atoms with Crippen molar-refractivity contribution in [3.05, 3.63) is 71.8 Å². The van der Waals surface area contributed by atoms with Gasteiger partial charge in [0.15, 0.2) is 0 Å². The predicted octanol–water partition coefficient (Wildman–Crippen LogP) is 1.12. The number of aliphatic hydroxyl groups excluding tert-OH is 4. The van der Waals surface area contributed by atoms with Gasteiger partial charge in [0, 0.05) is 6.54 Å². The van der Waals surface area contributed by atoms with E-state index in [0.717, 1.165) is 11.1 Å². The molecule has 0 bridgehead atoms. The van der Waals surface area contributed by atoms with Crippen LogP contribution in [0.1, 0.15) is 23.6 Å². The summed E-state index contributed by atoms with van der Waals surface area (Å²) < 4.78 is 0. The number of benzene rings is 2. The molecule has 26 heavy (non-hydrogen) atoms. The summed E-state index contributed by atoms with van der Waals surface area (Å²) in [5.74, 6) is 0. The second kappa shape index (κ2) is 8.75. The molecule has 1 saturated heterocycles. The maximum atomic E-state index is 10.8. The molecule has 0 unspecified atom stereocenters. The fraction of sp³-hybridized carbons (Fsp3) is 0.429. The van der Waals surface area contributed by atoms with Crippen LogP contribution in [0.15, 0.2) is 60.7 Å². The van der Waals surface area contributed by atoms with Crippen LogP contribution in [0, 0.1) is 0 Å². The van der Waals surface area contributed by atoms with Crippen molar-refractivity contribution in [3.8, 4) is 0 Å². The number of β-amino-alcohol motifs (C(OH)–C–C–N with tert-alkyl or cyclic N) is 1. The lowest BCUT2D eigenvalue weighted by molar-refractivity contribution is -0.0272. The average molecular weight is 357 g/mol. The molecule has 1 aliphatic heterocycles. The van der Waals surface area contributed by atoms with Gasteiger partial charge in [0.2, 0.25) is 0 Å². The Morgan fingerprint density at radius 2 is 1.58 bits per heavy atom. The van der Waals surface area contributed by atoms with Gasteiger partial charge < -0.3 is 20.4 Å². The molecule has 5 atom stereocenters. The van der Waals surface area contributed by atoms with Gasteiger partial charge in [0.1, 0.15) is 0 Å². The van der Waals surface area contributed by atoms with Crippen molar-refractivity contribution in [3.63, 3.8) is 0 Å². The lowest BCUT2D eigenvalue weighted by atomic mass is 9.96. The first-order valence-corrected chi connectivity index (χ1v) is 9.11. The van der Waals surface area contributed by atoms with Crippen molar-refractivity contribution in [1.82, 2.24) is 4.90 Å². The zero-order valence-corrected chi connectivity index (χ0v) is 14.7. The van der Waals surface area contributed by atoms with Crippen molar-refractivity contribution >= 4 is 0 Å². The fourth-order valence-corrected chi connectivity index (χ4v) is 3.86. The van der Waals surface area contributed by atoms with E-state index in [-0.39, 0.29) is 19.2 Å². The van der Waals surface area contributed by atoms with Gasteiger partial charge in [-0.3, -0.25) is 4.90 Å². The quantitative estimate of drug-likeness (QED) is 0.597. The SMILES string of the molecule is OC[C@@H](c1ccccc1)N1C[C@@H](O)[C@@H](O)[C@@H]1[C@H](O)CCc1ccccc1. The first-order chi connectivity index (χ1) is 12.6. The maximum absolute atomic E-state index is 10.8. The monoisotopic (exact) mass is 357 g/mol. The van der Waals surface area contributed by atoms with Crippen LogP contribution in [-0.2, 0) is 6.42 Å². The van der Waals surface area contributed by atoms with E-state index in [2.05, 4.69) is 0 Å². The summed E-state index contributed by atoms with van der Waals surface area (Å²) in [5, 5.41) is 41.3.